The van der Waals surface area contributed by atoms with Gasteiger partial charge in [0.2, 0.25) is 0 Å². The molecule has 0 aromatic heterocycles. The van der Waals surface area contributed by atoms with E-state index in [1.807, 2.05) is 0 Å². The molecule has 0 aromatic carbocycles. The van der Waals surface area contributed by atoms with Crippen LogP contribution in [0.1, 0.15) is 19.8 Å². The molecule has 0 bridgehead atoms. The van der Waals surface area contributed by atoms with E-state index in [1.54, 1.807) is 0 Å². The quantitative estimate of drug-likeness (QED) is 0.272. The molecule has 3 saturated heterocycles. The van der Waals surface area contributed by atoms with Gasteiger partial charge in [-0.15, -0.1) is 10.1 Å². The SMILES string of the molecule is CC(Cl)OC(=O)OC1COC2C(OC(=O)N3CCC(O[N+](=O)[O-])CC3)COC12. The maximum absolute atomic E-state index is 12.3. The summed E-state index contributed by atoms with van der Waals surface area (Å²) >= 11 is 5.57. The van der Waals surface area contributed by atoms with Crippen molar-refractivity contribution in [1.82, 2.24) is 4.90 Å². The first-order valence-corrected chi connectivity index (χ1v) is 9.28. The number of halogens is 1. The van der Waals surface area contributed by atoms with Crippen molar-refractivity contribution in [3.63, 3.8) is 0 Å². The summed E-state index contributed by atoms with van der Waals surface area (Å²) in [6.07, 6.45) is -3.80. The number of hydrogen-bond acceptors (Lipinski definition) is 10. The molecule has 13 heteroatoms. The van der Waals surface area contributed by atoms with Gasteiger partial charge in [0.1, 0.15) is 18.3 Å². The highest BCUT2D eigenvalue weighted by Crippen LogP contribution is 2.31. The van der Waals surface area contributed by atoms with Crippen LogP contribution >= 0.6 is 11.6 Å². The standard InChI is InChI=1S/C15H21ClN2O10/c1-8(16)25-15(20)27-11-7-24-12-10(6-23-13(11)12)26-14(19)17-4-2-9(3-5-17)28-18(21)22/h8-13H,2-7H2,1H3. The third-order valence-electron chi connectivity index (χ3n) is 4.66. The molecule has 0 aromatic rings. The summed E-state index contributed by atoms with van der Waals surface area (Å²) in [6, 6.07) is 0. The van der Waals surface area contributed by atoms with Crippen LogP contribution in [0.25, 0.3) is 0 Å². The minimum Gasteiger partial charge on any atom is -0.441 e. The molecule has 12 nitrogen and oxygen atoms in total. The summed E-state index contributed by atoms with van der Waals surface area (Å²) in [4.78, 5) is 40.3. The summed E-state index contributed by atoms with van der Waals surface area (Å²) in [5.74, 6) is 0. The molecule has 0 N–H and O–H groups in total. The Bertz CT molecular complexity index is 597. The van der Waals surface area contributed by atoms with Crippen LogP contribution in [0.4, 0.5) is 9.59 Å². The molecule has 28 heavy (non-hydrogen) atoms. The third kappa shape index (κ3) is 5.06. The lowest BCUT2D eigenvalue weighted by Gasteiger charge is -2.31. The third-order valence-corrected chi connectivity index (χ3v) is 4.75. The van der Waals surface area contributed by atoms with Gasteiger partial charge in [-0.3, -0.25) is 0 Å². The minimum absolute atomic E-state index is 0.0821. The van der Waals surface area contributed by atoms with Crippen molar-refractivity contribution >= 4 is 23.8 Å². The lowest BCUT2D eigenvalue weighted by molar-refractivity contribution is -0.769. The Balaban J connectivity index is 1.45. The van der Waals surface area contributed by atoms with Crippen molar-refractivity contribution in [3.05, 3.63) is 10.1 Å². The van der Waals surface area contributed by atoms with E-state index in [2.05, 4.69) is 4.84 Å². The number of likely N-dealkylation sites (tertiary alicyclic amines) is 1. The molecule has 0 saturated carbocycles. The summed E-state index contributed by atoms with van der Waals surface area (Å²) < 4.78 is 26.5. The average molecular weight is 425 g/mol. The maximum Gasteiger partial charge on any atom is 0.510 e. The average Bonchev–Trinajstić information content (AvgIpc) is 3.18. The Morgan fingerprint density at radius 1 is 1.14 bits per heavy atom. The summed E-state index contributed by atoms with van der Waals surface area (Å²) in [6.45, 7) is 2.23. The second kappa shape index (κ2) is 8.97. The van der Waals surface area contributed by atoms with Gasteiger partial charge in [0, 0.05) is 13.1 Å². The predicted octanol–water partition coefficient (Wildman–Crippen LogP) is 1.07. The van der Waals surface area contributed by atoms with Crippen LogP contribution in [-0.4, -0.2) is 84.6 Å². The van der Waals surface area contributed by atoms with Gasteiger partial charge in [0.25, 0.3) is 5.09 Å². The van der Waals surface area contributed by atoms with Crippen LogP contribution in [-0.2, 0) is 28.5 Å². The molecule has 5 unspecified atom stereocenters. The first-order valence-electron chi connectivity index (χ1n) is 8.84. The van der Waals surface area contributed by atoms with Gasteiger partial charge in [-0.1, -0.05) is 11.6 Å². The van der Waals surface area contributed by atoms with E-state index < -0.39 is 53.4 Å². The Morgan fingerprint density at radius 3 is 2.25 bits per heavy atom. The van der Waals surface area contributed by atoms with Crippen LogP contribution in [0.5, 0.6) is 0 Å². The highest BCUT2D eigenvalue weighted by molar-refractivity contribution is 6.19. The van der Waals surface area contributed by atoms with Crippen LogP contribution in [0.3, 0.4) is 0 Å². The Morgan fingerprint density at radius 2 is 1.71 bits per heavy atom. The van der Waals surface area contributed by atoms with E-state index in [-0.39, 0.29) is 26.3 Å². The smallest absolute Gasteiger partial charge is 0.441 e. The molecule has 3 aliphatic rings. The molecule has 158 valence electrons. The zero-order valence-corrected chi connectivity index (χ0v) is 15.8. The van der Waals surface area contributed by atoms with Crippen molar-refractivity contribution < 1.29 is 43.2 Å². The number of rotatable bonds is 5. The fourth-order valence-electron chi connectivity index (χ4n) is 3.38. The molecule has 3 aliphatic heterocycles. The van der Waals surface area contributed by atoms with Gasteiger partial charge in [-0.25, -0.2) is 9.59 Å². The lowest BCUT2D eigenvalue weighted by atomic mass is 10.1. The molecule has 0 aliphatic carbocycles. The Kier molecular flexibility index (Phi) is 6.62. The second-order valence-electron chi connectivity index (χ2n) is 6.60. The van der Waals surface area contributed by atoms with Crippen LogP contribution in [0.15, 0.2) is 0 Å². The topological polar surface area (TPSA) is 136 Å². The fraction of sp³-hybridized carbons (Fsp3) is 0.867. The number of ether oxygens (including phenoxy) is 5. The first-order chi connectivity index (χ1) is 13.3. The van der Waals surface area contributed by atoms with Gasteiger partial charge in [0.15, 0.2) is 17.8 Å². The van der Waals surface area contributed by atoms with E-state index in [1.165, 1.54) is 11.8 Å². The highest BCUT2D eigenvalue weighted by Gasteiger charge is 2.51. The molecule has 0 radical (unpaired) electrons. The minimum atomic E-state index is -0.930. The Hall–Kier alpha value is -2.05. The molecule has 1 amide bonds. The normalized spacial score (nSPS) is 31.0. The summed E-state index contributed by atoms with van der Waals surface area (Å²) in [5.41, 5.74) is -0.830. The number of nitrogens with zero attached hydrogens (tertiary/aromatic N) is 2. The number of carbonyl (C=O) groups is 2. The molecule has 3 fully saturated rings. The van der Waals surface area contributed by atoms with Gasteiger partial charge in [-0.05, 0) is 19.8 Å². The summed E-state index contributed by atoms with van der Waals surface area (Å²) in [5, 5.41) is 9.54. The van der Waals surface area contributed by atoms with Crippen LogP contribution in [0.2, 0.25) is 0 Å². The molecule has 5 atom stereocenters. The number of fused-ring (bicyclic) bond motifs is 1. The zero-order chi connectivity index (χ0) is 20.3. The molecule has 0 spiro atoms. The van der Waals surface area contributed by atoms with Gasteiger partial charge >= 0.3 is 12.2 Å². The van der Waals surface area contributed by atoms with Gasteiger partial charge in [-0.2, -0.15) is 0 Å². The highest BCUT2D eigenvalue weighted by atomic mass is 35.5. The van der Waals surface area contributed by atoms with E-state index >= 15 is 0 Å². The fourth-order valence-corrected chi connectivity index (χ4v) is 3.46. The van der Waals surface area contributed by atoms with Crippen molar-refractivity contribution in [2.24, 2.45) is 0 Å². The van der Waals surface area contributed by atoms with Crippen LogP contribution < -0.4 is 0 Å². The zero-order valence-electron chi connectivity index (χ0n) is 15.1. The van der Waals surface area contributed by atoms with E-state index in [4.69, 9.17) is 35.3 Å². The lowest BCUT2D eigenvalue weighted by Crippen LogP contribution is -2.44. The molecule has 3 heterocycles. The molecular formula is C15H21ClN2O10. The van der Waals surface area contributed by atoms with Crippen molar-refractivity contribution in [2.45, 2.75) is 55.8 Å². The number of amides is 1. The van der Waals surface area contributed by atoms with Crippen molar-refractivity contribution in [3.8, 4) is 0 Å². The number of piperidine rings is 1. The van der Waals surface area contributed by atoms with Crippen molar-refractivity contribution in [1.29, 1.82) is 0 Å². The van der Waals surface area contributed by atoms with Crippen LogP contribution in [0, 0.1) is 10.1 Å². The van der Waals surface area contributed by atoms with Gasteiger partial charge in [0.05, 0.1) is 13.2 Å². The molecular weight excluding hydrogens is 404 g/mol. The van der Waals surface area contributed by atoms with E-state index in [0.29, 0.717) is 12.8 Å². The monoisotopic (exact) mass is 424 g/mol. The number of carbonyl (C=O) groups excluding carboxylic acids is 2. The number of hydrogen-bond donors (Lipinski definition) is 0. The maximum atomic E-state index is 12.3. The summed E-state index contributed by atoms with van der Waals surface area (Å²) in [7, 11) is 0. The first kappa shape index (κ1) is 20.7. The number of alkyl halides is 1. The van der Waals surface area contributed by atoms with Crippen molar-refractivity contribution in [2.75, 3.05) is 26.3 Å². The second-order valence-corrected chi connectivity index (χ2v) is 7.22. The largest absolute Gasteiger partial charge is 0.510 e. The predicted molar refractivity (Wildman–Crippen MR) is 89.1 cm³/mol. The van der Waals surface area contributed by atoms with E-state index in [9.17, 15) is 19.7 Å². The van der Waals surface area contributed by atoms with Gasteiger partial charge < -0.3 is 33.4 Å². The van der Waals surface area contributed by atoms with E-state index in [0.717, 1.165) is 0 Å². The molecule has 3 rings (SSSR count). The Labute approximate surface area is 165 Å².